The van der Waals surface area contributed by atoms with Crippen LogP contribution in [0.3, 0.4) is 0 Å². The summed E-state index contributed by atoms with van der Waals surface area (Å²) in [5, 5.41) is 0. The van der Waals surface area contributed by atoms with Crippen LogP contribution in [0.4, 0.5) is 0 Å². The smallest absolute Gasteiger partial charge is 0.102 e. The van der Waals surface area contributed by atoms with Crippen molar-refractivity contribution in [2.24, 2.45) is 11.1 Å². The molecule has 0 rings (SSSR count). The minimum atomic E-state index is -0.196. The van der Waals surface area contributed by atoms with Crippen LogP contribution in [0, 0.1) is 5.41 Å². The summed E-state index contributed by atoms with van der Waals surface area (Å²) >= 11 is 0. The lowest BCUT2D eigenvalue weighted by Gasteiger charge is -2.26. The van der Waals surface area contributed by atoms with Crippen molar-refractivity contribution in [1.29, 1.82) is 0 Å². The molecule has 0 fully saturated rings. The minimum absolute atomic E-state index is 0.0396. The van der Waals surface area contributed by atoms with E-state index in [2.05, 4.69) is 13.8 Å². The maximum absolute atomic E-state index is 5.52. The average molecular weight is 189 g/mol. The monoisotopic (exact) mass is 189 g/mol. The molecule has 0 saturated heterocycles. The third-order valence-corrected chi connectivity index (χ3v) is 1.54. The number of nitrogens with two attached hydrogens (primary N) is 1. The van der Waals surface area contributed by atoms with E-state index >= 15 is 0 Å². The average Bonchev–Trinajstić information content (AvgIpc) is 1.98. The highest BCUT2D eigenvalue weighted by atomic mass is 16.5. The van der Waals surface area contributed by atoms with E-state index in [4.69, 9.17) is 15.2 Å². The maximum atomic E-state index is 5.52. The number of hydrogen-bond donors (Lipinski definition) is 1. The summed E-state index contributed by atoms with van der Waals surface area (Å²) in [5.41, 5.74) is 5.53. The van der Waals surface area contributed by atoms with Gasteiger partial charge in [0.25, 0.3) is 0 Å². The first-order valence-corrected chi connectivity index (χ1v) is 4.82. The van der Waals surface area contributed by atoms with Gasteiger partial charge in [-0.15, -0.1) is 0 Å². The third-order valence-electron chi connectivity index (χ3n) is 1.54. The normalized spacial score (nSPS) is 15.0. The summed E-state index contributed by atoms with van der Waals surface area (Å²) in [6.07, 6.45) is 0.0768. The van der Waals surface area contributed by atoms with E-state index in [0.717, 1.165) is 0 Å². The van der Waals surface area contributed by atoms with Gasteiger partial charge in [0, 0.05) is 5.41 Å². The summed E-state index contributed by atoms with van der Waals surface area (Å²) < 4.78 is 10.9. The number of hydrogen-bond acceptors (Lipinski definition) is 3. The highest BCUT2D eigenvalue weighted by molar-refractivity contribution is 4.67. The fourth-order valence-electron chi connectivity index (χ4n) is 0.791. The Morgan fingerprint density at radius 1 is 1.08 bits per heavy atom. The molecule has 0 amide bonds. The Morgan fingerprint density at radius 3 is 1.92 bits per heavy atom. The van der Waals surface area contributed by atoms with Gasteiger partial charge in [-0.3, -0.25) is 0 Å². The Hall–Kier alpha value is -0.120. The minimum Gasteiger partial charge on any atom is -0.378 e. The van der Waals surface area contributed by atoms with Crippen molar-refractivity contribution in [2.75, 3.05) is 13.2 Å². The van der Waals surface area contributed by atoms with Crippen LogP contribution in [0.2, 0.25) is 0 Å². The molecule has 0 heterocycles. The predicted octanol–water partition coefficient (Wildman–Crippen LogP) is 1.76. The van der Waals surface area contributed by atoms with Crippen molar-refractivity contribution in [1.82, 2.24) is 0 Å². The molecule has 0 aliphatic carbocycles. The molecule has 1 unspecified atom stereocenters. The number of ether oxygens (including phenoxy) is 2. The molecule has 13 heavy (non-hydrogen) atoms. The van der Waals surface area contributed by atoms with E-state index < -0.39 is 0 Å². The molecule has 0 aromatic carbocycles. The summed E-state index contributed by atoms with van der Waals surface area (Å²) in [7, 11) is 0. The quantitative estimate of drug-likeness (QED) is 0.647. The Balaban J connectivity index is 3.66. The van der Waals surface area contributed by atoms with Crippen molar-refractivity contribution in [2.45, 2.75) is 47.0 Å². The zero-order valence-corrected chi connectivity index (χ0v) is 9.46. The Morgan fingerprint density at radius 2 is 1.54 bits per heavy atom. The van der Waals surface area contributed by atoms with Crippen LogP contribution < -0.4 is 5.73 Å². The van der Waals surface area contributed by atoms with E-state index in [1.165, 1.54) is 0 Å². The second-order valence-corrected chi connectivity index (χ2v) is 4.54. The van der Waals surface area contributed by atoms with Crippen LogP contribution in [0.15, 0.2) is 0 Å². The molecule has 80 valence electrons. The molecule has 3 heteroatoms. The standard InChI is InChI=1S/C10H23NO2/c1-8(2)12-6-10(4,5)7-13-9(3)11/h8-9H,6-7,11H2,1-5H3. The second kappa shape index (κ2) is 5.58. The summed E-state index contributed by atoms with van der Waals surface area (Å²) in [4.78, 5) is 0. The molecule has 3 nitrogen and oxygen atoms in total. The summed E-state index contributed by atoms with van der Waals surface area (Å²) in [6, 6.07) is 0. The summed E-state index contributed by atoms with van der Waals surface area (Å²) in [5.74, 6) is 0. The van der Waals surface area contributed by atoms with Crippen LogP contribution in [-0.2, 0) is 9.47 Å². The van der Waals surface area contributed by atoms with Gasteiger partial charge in [0.15, 0.2) is 0 Å². The first-order chi connectivity index (χ1) is 5.83. The Kier molecular flexibility index (Phi) is 5.53. The highest BCUT2D eigenvalue weighted by Gasteiger charge is 2.19. The van der Waals surface area contributed by atoms with Gasteiger partial charge < -0.3 is 15.2 Å². The third kappa shape index (κ3) is 8.22. The van der Waals surface area contributed by atoms with Gasteiger partial charge in [-0.05, 0) is 20.8 Å². The van der Waals surface area contributed by atoms with Crippen LogP contribution in [0.25, 0.3) is 0 Å². The molecule has 0 aromatic heterocycles. The van der Waals surface area contributed by atoms with E-state index in [-0.39, 0.29) is 17.7 Å². The molecule has 0 bridgehead atoms. The fourth-order valence-corrected chi connectivity index (χ4v) is 0.791. The predicted molar refractivity (Wildman–Crippen MR) is 54.5 cm³/mol. The van der Waals surface area contributed by atoms with Crippen LogP contribution in [0.1, 0.15) is 34.6 Å². The van der Waals surface area contributed by atoms with Crippen molar-refractivity contribution in [3.63, 3.8) is 0 Å². The van der Waals surface area contributed by atoms with Crippen LogP contribution >= 0.6 is 0 Å². The first-order valence-electron chi connectivity index (χ1n) is 4.82. The second-order valence-electron chi connectivity index (χ2n) is 4.54. The molecular formula is C10H23NO2. The molecule has 0 spiro atoms. The van der Waals surface area contributed by atoms with Gasteiger partial charge in [0.2, 0.25) is 0 Å². The number of rotatable bonds is 6. The maximum Gasteiger partial charge on any atom is 0.102 e. The Labute approximate surface area is 81.6 Å². The zero-order chi connectivity index (χ0) is 10.5. The van der Waals surface area contributed by atoms with Gasteiger partial charge in [-0.1, -0.05) is 13.8 Å². The lowest BCUT2D eigenvalue weighted by Crippen LogP contribution is -2.31. The van der Waals surface area contributed by atoms with Gasteiger partial charge in [0.1, 0.15) is 6.23 Å². The van der Waals surface area contributed by atoms with Crippen LogP contribution in [-0.4, -0.2) is 25.5 Å². The largest absolute Gasteiger partial charge is 0.378 e. The first kappa shape index (κ1) is 12.9. The van der Waals surface area contributed by atoms with E-state index in [1.807, 2.05) is 20.8 Å². The molecule has 0 aliphatic rings. The highest BCUT2D eigenvalue weighted by Crippen LogP contribution is 2.17. The van der Waals surface area contributed by atoms with Crippen molar-refractivity contribution < 1.29 is 9.47 Å². The molecule has 0 saturated carbocycles. The molecule has 0 aromatic rings. The summed E-state index contributed by atoms with van der Waals surface area (Å²) in [6.45, 7) is 11.5. The van der Waals surface area contributed by atoms with Gasteiger partial charge >= 0.3 is 0 Å². The fraction of sp³-hybridized carbons (Fsp3) is 1.00. The molecule has 0 aliphatic heterocycles. The molecular weight excluding hydrogens is 166 g/mol. The Bertz CT molecular complexity index is 119. The van der Waals surface area contributed by atoms with Gasteiger partial charge in [-0.2, -0.15) is 0 Å². The van der Waals surface area contributed by atoms with E-state index in [0.29, 0.717) is 13.2 Å². The van der Waals surface area contributed by atoms with E-state index in [9.17, 15) is 0 Å². The van der Waals surface area contributed by atoms with Gasteiger partial charge in [-0.25, -0.2) is 0 Å². The SMILES string of the molecule is CC(C)OCC(C)(C)COC(C)N. The van der Waals surface area contributed by atoms with Gasteiger partial charge in [0.05, 0.1) is 19.3 Å². The lowest BCUT2D eigenvalue weighted by atomic mass is 9.96. The van der Waals surface area contributed by atoms with Crippen LogP contribution in [0.5, 0.6) is 0 Å². The van der Waals surface area contributed by atoms with E-state index in [1.54, 1.807) is 0 Å². The lowest BCUT2D eigenvalue weighted by molar-refractivity contribution is -0.0421. The molecule has 2 N–H and O–H groups in total. The molecule has 1 atom stereocenters. The van der Waals surface area contributed by atoms with Crippen molar-refractivity contribution in [3.05, 3.63) is 0 Å². The molecule has 0 radical (unpaired) electrons. The van der Waals surface area contributed by atoms with Crippen molar-refractivity contribution >= 4 is 0 Å². The topological polar surface area (TPSA) is 44.5 Å². The zero-order valence-electron chi connectivity index (χ0n) is 9.46. The van der Waals surface area contributed by atoms with Crippen molar-refractivity contribution in [3.8, 4) is 0 Å².